The summed E-state index contributed by atoms with van der Waals surface area (Å²) in [6, 6.07) is 16.9. The first-order valence-electron chi connectivity index (χ1n) is 7.73. The second kappa shape index (κ2) is 6.94. The highest BCUT2D eigenvalue weighted by molar-refractivity contribution is 7.91. The van der Waals surface area contributed by atoms with Crippen molar-refractivity contribution in [3.05, 3.63) is 78.3 Å². The number of benzene rings is 2. The smallest absolute Gasteiger partial charge is 0.206 e. The van der Waals surface area contributed by atoms with E-state index in [9.17, 15) is 8.42 Å². The maximum Gasteiger partial charge on any atom is 0.206 e. The number of hydrogen-bond acceptors (Lipinski definition) is 5. The predicted octanol–water partition coefficient (Wildman–Crippen LogP) is 4.26. The number of hydrazone groups is 1. The van der Waals surface area contributed by atoms with Gasteiger partial charge in [0.15, 0.2) is 0 Å². The van der Waals surface area contributed by atoms with Gasteiger partial charge in [-0.3, -0.25) is 5.43 Å². The zero-order valence-electron chi connectivity index (χ0n) is 13.9. The maximum atomic E-state index is 12.6. The van der Waals surface area contributed by atoms with Gasteiger partial charge in [0.2, 0.25) is 9.84 Å². The molecule has 0 fully saturated rings. The van der Waals surface area contributed by atoms with E-state index >= 15 is 0 Å². The van der Waals surface area contributed by atoms with Crippen molar-refractivity contribution in [2.45, 2.75) is 23.6 Å². The van der Waals surface area contributed by atoms with Crippen molar-refractivity contribution in [3.8, 4) is 0 Å². The van der Waals surface area contributed by atoms with Crippen LogP contribution < -0.4 is 5.43 Å². The van der Waals surface area contributed by atoms with Gasteiger partial charge in [-0.05, 0) is 62.4 Å². The lowest BCUT2D eigenvalue weighted by molar-refractivity contribution is 0.557. The van der Waals surface area contributed by atoms with Crippen LogP contribution in [-0.2, 0) is 9.84 Å². The third-order valence-electron chi connectivity index (χ3n) is 3.73. The highest BCUT2D eigenvalue weighted by Gasteiger charge is 2.17. The van der Waals surface area contributed by atoms with Crippen LogP contribution in [0.4, 0.5) is 5.69 Å². The molecule has 25 heavy (non-hydrogen) atoms. The van der Waals surface area contributed by atoms with E-state index in [-0.39, 0.29) is 9.79 Å². The molecule has 1 aromatic heterocycles. The van der Waals surface area contributed by atoms with Gasteiger partial charge in [0.05, 0.1) is 21.7 Å². The van der Waals surface area contributed by atoms with Crippen molar-refractivity contribution in [2.24, 2.45) is 5.10 Å². The highest BCUT2D eigenvalue weighted by atomic mass is 32.2. The van der Waals surface area contributed by atoms with E-state index in [2.05, 4.69) is 10.5 Å². The molecule has 0 saturated carbocycles. The first-order valence-corrected chi connectivity index (χ1v) is 9.21. The number of furan rings is 1. The molecule has 1 N–H and O–H groups in total. The van der Waals surface area contributed by atoms with E-state index < -0.39 is 9.84 Å². The van der Waals surface area contributed by atoms with E-state index in [1.54, 1.807) is 60.9 Å². The average Bonchev–Trinajstić information content (AvgIpc) is 3.15. The Hall–Kier alpha value is -2.86. The molecule has 3 rings (SSSR count). The Balaban J connectivity index is 1.78. The molecular formula is C19H18N2O3S. The van der Waals surface area contributed by atoms with Crippen LogP contribution in [0.25, 0.3) is 0 Å². The monoisotopic (exact) mass is 354 g/mol. The van der Waals surface area contributed by atoms with Crippen molar-refractivity contribution in [1.29, 1.82) is 0 Å². The first kappa shape index (κ1) is 17.0. The molecule has 0 radical (unpaired) electrons. The number of nitrogens with one attached hydrogen (secondary N) is 1. The molecule has 3 aromatic rings. The summed E-state index contributed by atoms with van der Waals surface area (Å²) in [6.45, 7) is 3.74. The molecule has 0 aliphatic rings. The fourth-order valence-corrected chi connectivity index (χ4v) is 3.51. The molecule has 128 valence electrons. The largest absolute Gasteiger partial charge is 0.463 e. The lowest BCUT2D eigenvalue weighted by Gasteiger charge is -2.07. The quantitative estimate of drug-likeness (QED) is 0.549. The molecule has 0 aliphatic carbocycles. The Bertz CT molecular complexity index is 972. The van der Waals surface area contributed by atoms with Gasteiger partial charge in [0.1, 0.15) is 11.5 Å². The van der Waals surface area contributed by atoms with Crippen LogP contribution in [0.2, 0.25) is 0 Å². The fraction of sp³-hybridized carbons (Fsp3) is 0.105. The molecule has 0 spiro atoms. The molecule has 6 heteroatoms. The lowest BCUT2D eigenvalue weighted by atomic mass is 10.2. The SMILES string of the molecule is C/C(=N/Nc1ccc(S(=O)(=O)c2ccc(C)cc2)cc1)c1ccco1. The van der Waals surface area contributed by atoms with E-state index in [1.165, 1.54) is 0 Å². The summed E-state index contributed by atoms with van der Waals surface area (Å²) in [7, 11) is -3.52. The molecule has 2 aromatic carbocycles. The molecule has 0 aliphatic heterocycles. The summed E-state index contributed by atoms with van der Waals surface area (Å²) in [4.78, 5) is 0.527. The normalized spacial score (nSPS) is 12.2. The number of rotatable bonds is 5. The van der Waals surface area contributed by atoms with E-state index in [4.69, 9.17) is 4.42 Å². The Morgan fingerprint density at radius 3 is 2.12 bits per heavy atom. The summed E-state index contributed by atoms with van der Waals surface area (Å²) in [5, 5.41) is 4.22. The summed E-state index contributed by atoms with van der Waals surface area (Å²) in [5.74, 6) is 0.672. The van der Waals surface area contributed by atoms with E-state index in [0.29, 0.717) is 17.2 Å². The molecule has 1 heterocycles. The van der Waals surface area contributed by atoms with Crippen LogP contribution in [0.5, 0.6) is 0 Å². The number of anilines is 1. The molecule has 0 amide bonds. The summed E-state index contributed by atoms with van der Waals surface area (Å²) in [6.07, 6.45) is 1.58. The minimum absolute atomic E-state index is 0.244. The number of aryl methyl sites for hydroxylation is 1. The molecular weight excluding hydrogens is 336 g/mol. The maximum absolute atomic E-state index is 12.6. The van der Waals surface area contributed by atoms with Crippen molar-refractivity contribution >= 4 is 21.2 Å². The Labute approximate surface area is 146 Å². The van der Waals surface area contributed by atoms with E-state index in [0.717, 1.165) is 5.56 Å². The Morgan fingerprint density at radius 1 is 0.960 bits per heavy atom. The fourth-order valence-electron chi connectivity index (χ4n) is 2.25. The molecule has 0 atom stereocenters. The van der Waals surface area contributed by atoms with Crippen LogP contribution in [0.1, 0.15) is 18.2 Å². The van der Waals surface area contributed by atoms with Crippen molar-refractivity contribution in [2.75, 3.05) is 5.43 Å². The molecule has 0 bridgehead atoms. The zero-order chi connectivity index (χ0) is 17.9. The lowest BCUT2D eigenvalue weighted by Crippen LogP contribution is -2.02. The molecule has 0 unspecified atom stereocenters. The van der Waals surface area contributed by atoms with Gasteiger partial charge < -0.3 is 4.42 Å². The Morgan fingerprint density at radius 2 is 1.56 bits per heavy atom. The van der Waals surface area contributed by atoms with Gasteiger partial charge in [-0.15, -0.1) is 0 Å². The summed E-state index contributed by atoms with van der Waals surface area (Å²) in [5.41, 5.74) is 5.29. The topological polar surface area (TPSA) is 71.7 Å². The van der Waals surface area contributed by atoms with Crippen molar-refractivity contribution in [1.82, 2.24) is 0 Å². The third-order valence-corrected chi connectivity index (χ3v) is 5.51. The molecule has 0 saturated heterocycles. The molecule has 5 nitrogen and oxygen atoms in total. The van der Waals surface area contributed by atoms with E-state index in [1.807, 2.05) is 19.9 Å². The van der Waals surface area contributed by atoms with Gasteiger partial charge in [-0.25, -0.2) is 8.42 Å². The first-order chi connectivity index (χ1) is 12.0. The highest BCUT2D eigenvalue weighted by Crippen LogP contribution is 2.22. The summed E-state index contributed by atoms with van der Waals surface area (Å²) >= 11 is 0. The van der Waals surface area contributed by atoms with Gasteiger partial charge in [-0.1, -0.05) is 17.7 Å². The van der Waals surface area contributed by atoms with Crippen LogP contribution in [0.3, 0.4) is 0 Å². The minimum Gasteiger partial charge on any atom is -0.463 e. The van der Waals surface area contributed by atoms with Crippen molar-refractivity contribution < 1.29 is 12.8 Å². The van der Waals surface area contributed by atoms with Crippen LogP contribution in [0.15, 0.2) is 86.2 Å². The van der Waals surface area contributed by atoms with Crippen LogP contribution in [-0.4, -0.2) is 14.1 Å². The minimum atomic E-state index is -3.52. The third kappa shape index (κ3) is 3.80. The number of hydrogen-bond donors (Lipinski definition) is 1. The van der Waals surface area contributed by atoms with Crippen molar-refractivity contribution in [3.63, 3.8) is 0 Å². The number of sulfone groups is 1. The standard InChI is InChI=1S/C19H18N2O3S/c1-14-5-9-17(10-6-14)25(22,23)18-11-7-16(8-12-18)21-20-15(2)19-4-3-13-24-19/h3-13,21H,1-2H3/b20-15-. The average molecular weight is 354 g/mol. The van der Waals surface area contributed by atoms with Gasteiger partial charge >= 0.3 is 0 Å². The zero-order valence-corrected chi connectivity index (χ0v) is 14.7. The Kier molecular flexibility index (Phi) is 4.72. The second-order valence-corrected chi connectivity index (χ2v) is 7.58. The van der Waals surface area contributed by atoms with Gasteiger partial charge in [0.25, 0.3) is 0 Å². The number of nitrogens with zero attached hydrogens (tertiary/aromatic N) is 1. The van der Waals surface area contributed by atoms with Gasteiger partial charge in [0, 0.05) is 0 Å². The predicted molar refractivity (Wildman–Crippen MR) is 97.6 cm³/mol. The van der Waals surface area contributed by atoms with Crippen LogP contribution >= 0.6 is 0 Å². The summed E-state index contributed by atoms with van der Waals surface area (Å²) < 4.78 is 30.5. The second-order valence-electron chi connectivity index (χ2n) is 5.63. The van der Waals surface area contributed by atoms with Crippen LogP contribution in [0, 0.1) is 6.92 Å². The van der Waals surface area contributed by atoms with Gasteiger partial charge in [-0.2, -0.15) is 5.10 Å².